The molecule has 0 saturated heterocycles. The second kappa shape index (κ2) is 2.91. The lowest BCUT2D eigenvalue weighted by atomic mass is 10.4. The molecule has 2 aromatic rings. The van der Waals surface area contributed by atoms with Crippen LogP contribution in [-0.2, 0) is 0 Å². The van der Waals surface area contributed by atoms with Crippen molar-refractivity contribution in [2.45, 2.75) is 6.92 Å². The second-order valence-corrected chi connectivity index (χ2v) is 2.52. The number of nitrogens with one attached hydrogen (secondary N) is 1. The van der Waals surface area contributed by atoms with Crippen LogP contribution in [0.15, 0.2) is 12.5 Å². The highest BCUT2D eigenvalue weighted by molar-refractivity contribution is 5.85. The molecule has 0 aromatic carbocycles. The van der Waals surface area contributed by atoms with Gasteiger partial charge >= 0.3 is 0 Å². The minimum absolute atomic E-state index is 0.545. The molecule has 2 aromatic heterocycles. The fourth-order valence-corrected chi connectivity index (χ4v) is 1.09. The summed E-state index contributed by atoms with van der Waals surface area (Å²) in [6, 6.07) is 0. The summed E-state index contributed by atoms with van der Waals surface area (Å²) in [5.74, 6) is 6.46. The molecule has 66 valence electrons. The highest BCUT2D eigenvalue weighted by Gasteiger charge is 2.04. The largest absolute Gasteiger partial charge is 0.308 e. The molecule has 2 heterocycles. The molecule has 13 heavy (non-hydrogen) atoms. The van der Waals surface area contributed by atoms with E-state index in [4.69, 9.17) is 5.84 Å². The van der Waals surface area contributed by atoms with E-state index in [0.717, 1.165) is 5.39 Å². The molecule has 0 saturated carbocycles. The zero-order chi connectivity index (χ0) is 9.26. The Kier molecular flexibility index (Phi) is 1.75. The fourth-order valence-electron chi connectivity index (χ4n) is 1.09. The predicted molar refractivity (Wildman–Crippen MR) is 47.7 cm³/mol. The smallest absolute Gasteiger partial charge is 0.168 e. The zero-order valence-electron chi connectivity index (χ0n) is 7.02. The Morgan fingerprint density at radius 3 is 3.00 bits per heavy atom. The number of nitrogens with two attached hydrogens (primary N) is 1. The summed E-state index contributed by atoms with van der Waals surface area (Å²) in [4.78, 5) is 16.1. The van der Waals surface area contributed by atoms with Crippen LogP contribution < -0.4 is 11.3 Å². The van der Waals surface area contributed by atoms with Crippen LogP contribution in [0, 0.1) is 6.92 Å². The van der Waals surface area contributed by atoms with Crippen molar-refractivity contribution in [2.24, 2.45) is 5.84 Å². The number of fused-ring (bicyclic) bond motifs is 1. The maximum Gasteiger partial charge on any atom is 0.168 e. The van der Waals surface area contributed by atoms with Gasteiger partial charge in [-0.3, -0.25) is 0 Å². The maximum atomic E-state index is 5.29. The van der Waals surface area contributed by atoms with Crippen molar-refractivity contribution < 1.29 is 0 Å². The SMILES string of the molecule is Cc1nc(NN)c2cncnc2n1. The molecule has 0 aliphatic heterocycles. The van der Waals surface area contributed by atoms with Gasteiger partial charge in [-0.05, 0) is 6.92 Å². The van der Waals surface area contributed by atoms with E-state index in [1.54, 1.807) is 13.1 Å². The molecule has 0 spiro atoms. The molecule has 0 unspecified atom stereocenters. The summed E-state index contributed by atoms with van der Waals surface area (Å²) >= 11 is 0. The maximum absolute atomic E-state index is 5.29. The van der Waals surface area contributed by atoms with E-state index in [1.165, 1.54) is 6.33 Å². The lowest BCUT2D eigenvalue weighted by Crippen LogP contribution is -2.10. The standard InChI is InChI=1S/C7H8N6/c1-4-11-6-5(2-9-3-10-6)7(12-4)13-8/h2-3H,8H2,1H3,(H,9,10,11,12,13). The number of nitrogens with zero attached hydrogens (tertiary/aromatic N) is 4. The molecule has 0 aliphatic rings. The van der Waals surface area contributed by atoms with Crippen LogP contribution in [0.3, 0.4) is 0 Å². The third kappa shape index (κ3) is 1.27. The molecular formula is C7H8N6. The van der Waals surface area contributed by atoms with E-state index in [2.05, 4.69) is 25.4 Å². The third-order valence-electron chi connectivity index (χ3n) is 1.62. The Morgan fingerprint density at radius 1 is 1.38 bits per heavy atom. The Morgan fingerprint density at radius 2 is 2.23 bits per heavy atom. The Balaban J connectivity index is 2.81. The van der Waals surface area contributed by atoms with Crippen LogP contribution in [0.1, 0.15) is 5.82 Å². The van der Waals surface area contributed by atoms with Gasteiger partial charge in [-0.2, -0.15) is 0 Å². The van der Waals surface area contributed by atoms with Gasteiger partial charge < -0.3 is 5.43 Å². The van der Waals surface area contributed by atoms with Gasteiger partial charge in [0.25, 0.3) is 0 Å². The number of anilines is 1. The molecule has 0 radical (unpaired) electrons. The number of rotatable bonds is 1. The summed E-state index contributed by atoms with van der Waals surface area (Å²) < 4.78 is 0. The number of aryl methyl sites for hydroxylation is 1. The van der Waals surface area contributed by atoms with Crippen LogP contribution in [0.5, 0.6) is 0 Å². The summed E-state index contributed by atoms with van der Waals surface area (Å²) in [6.45, 7) is 1.78. The van der Waals surface area contributed by atoms with Gasteiger partial charge in [-0.15, -0.1) is 0 Å². The van der Waals surface area contributed by atoms with Gasteiger partial charge in [0.15, 0.2) is 11.5 Å². The van der Waals surface area contributed by atoms with Gasteiger partial charge in [0.1, 0.15) is 12.2 Å². The fraction of sp³-hybridized carbons (Fsp3) is 0.143. The van der Waals surface area contributed by atoms with Crippen molar-refractivity contribution in [1.82, 2.24) is 19.9 Å². The van der Waals surface area contributed by atoms with E-state index >= 15 is 0 Å². The van der Waals surface area contributed by atoms with Crippen LogP contribution in [0.4, 0.5) is 5.82 Å². The Hall–Kier alpha value is -1.82. The van der Waals surface area contributed by atoms with Gasteiger partial charge in [0.2, 0.25) is 0 Å². The number of aromatic nitrogens is 4. The van der Waals surface area contributed by atoms with Crippen molar-refractivity contribution in [2.75, 3.05) is 5.43 Å². The molecule has 2 rings (SSSR count). The van der Waals surface area contributed by atoms with Crippen molar-refractivity contribution in [3.05, 3.63) is 18.3 Å². The van der Waals surface area contributed by atoms with Crippen molar-refractivity contribution >= 4 is 16.9 Å². The second-order valence-electron chi connectivity index (χ2n) is 2.52. The average molecular weight is 176 g/mol. The molecule has 3 N–H and O–H groups in total. The average Bonchev–Trinajstić information content (AvgIpc) is 2.16. The van der Waals surface area contributed by atoms with E-state index < -0.39 is 0 Å². The first-order valence-corrected chi connectivity index (χ1v) is 3.72. The van der Waals surface area contributed by atoms with Crippen LogP contribution in [0.2, 0.25) is 0 Å². The molecule has 0 fully saturated rings. The van der Waals surface area contributed by atoms with Gasteiger partial charge in [0, 0.05) is 6.20 Å². The quantitative estimate of drug-likeness (QED) is 0.470. The topological polar surface area (TPSA) is 89.6 Å². The molecule has 0 bridgehead atoms. The first-order chi connectivity index (χ1) is 6.31. The molecule has 6 nitrogen and oxygen atoms in total. The van der Waals surface area contributed by atoms with Crippen molar-refractivity contribution in [3.63, 3.8) is 0 Å². The molecule has 0 amide bonds. The summed E-state index contributed by atoms with van der Waals surface area (Å²) in [7, 11) is 0. The minimum atomic E-state index is 0.545. The summed E-state index contributed by atoms with van der Waals surface area (Å²) in [5.41, 5.74) is 3.07. The van der Waals surface area contributed by atoms with Gasteiger partial charge in [-0.25, -0.2) is 25.8 Å². The van der Waals surface area contributed by atoms with E-state index in [-0.39, 0.29) is 0 Å². The molecule has 6 heteroatoms. The monoisotopic (exact) mass is 176 g/mol. The van der Waals surface area contributed by atoms with Crippen LogP contribution in [0.25, 0.3) is 11.0 Å². The number of nitrogen functional groups attached to an aromatic ring is 1. The van der Waals surface area contributed by atoms with Crippen LogP contribution in [-0.4, -0.2) is 19.9 Å². The molecular weight excluding hydrogens is 168 g/mol. The Bertz CT molecular complexity index is 440. The first-order valence-electron chi connectivity index (χ1n) is 3.72. The Labute approximate surface area is 74.2 Å². The summed E-state index contributed by atoms with van der Waals surface area (Å²) in [6.07, 6.45) is 3.06. The van der Waals surface area contributed by atoms with E-state index in [9.17, 15) is 0 Å². The van der Waals surface area contributed by atoms with Crippen LogP contribution >= 0.6 is 0 Å². The number of hydrogen-bond donors (Lipinski definition) is 2. The normalized spacial score (nSPS) is 10.3. The lowest BCUT2D eigenvalue weighted by Gasteiger charge is -2.03. The predicted octanol–water partition coefficient (Wildman–Crippen LogP) is 0.0138. The van der Waals surface area contributed by atoms with Gasteiger partial charge in [0.05, 0.1) is 5.39 Å². The minimum Gasteiger partial charge on any atom is -0.308 e. The van der Waals surface area contributed by atoms with E-state index in [0.29, 0.717) is 17.3 Å². The lowest BCUT2D eigenvalue weighted by molar-refractivity contribution is 1.05. The first kappa shape index (κ1) is 7.81. The summed E-state index contributed by atoms with van der Waals surface area (Å²) in [5, 5.41) is 0.718. The molecule has 0 aliphatic carbocycles. The van der Waals surface area contributed by atoms with Crippen molar-refractivity contribution in [1.29, 1.82) is 0 Å². The number of hydrazine groups is 1. The number of hydrogen-bond acceptors (Lipinski definition) is 6. The van der Waals surface area contributed by atoms with Crippen molar-refractivity contribution in [3.8, 4) is 0 Å². The highest BCUT2D eigenvalue weighted by atomic mass is 15.3. The van der Waals surface area contributed by atoms with E-state index in [1.807, 2.05) is 0 Å². The van der Waals surface area contributed by atoms with Gasteiger partial charge in [-0.1, -0.05) is 0 Å². The zero-order valence-corrected chi connectivity index (χ0v) is 7.02. The molecule has 0 atom stereocenters. The third-order valence-corrected chi connectivity index (χ3v) is 1.62. The highest BCUT2D eigenvalue weighted by Crippen LogP contribution is 2.15.